The molecule has 0 saturated carbocycles. The molecular formula is C12H16O2. The van der Waals surface area contributed by atoms with Crippen molar-refractivity contribution in [1.29, 1.82) is 0 Å². The first kappa shape index (κ1) is 10.8. The van der Waals surface area contributed by atoms with Gasteiger partial charge >= 0.3 is 0 Å². The van der Waals surface area contributed by atoms with E-state index in [9.17, 15) is 4.79 Å². The Kier molecular flexibility index (Phi) is 2.94. The Morgan fingerprint density at radius 1 is 1.29 bits per heavy atom. The molecule has 1 N–H and O–H groups in total. The molecule has 0 aromatic heterocycles. The normalized spacial score (nSPS) is 11.4. The van der Waals surface area contributed by atoms with Crippen LogP contribution >= 0.6 is 0 Å². The van der Waals surface area contributed by atoms with Gasteiger partial charge in [-0.15, -0.1) is 0 Å². The maximum Gasteiger partial charge on any atom is 0.142 e. The fourth-order valence-electron chi connectivity index (χ4n) is 1.48. The highest BCUT2D eigenvalue weighted by Crippen LogP contribution is 2.26. The molecule has 0 unspecified atom stereocenters. The molecule has 76 valence electrons. The summed E-state index contributed by atoms with van der Waals surface area (Å²) in [5, 5.41) is 9.13. The van der Waals surface area contributed by atoms with Crippen LogP contribution in [0, 0.1) is 0 Å². The first-order valence-corrected chi connectivity index (χ1v) is 4.81. The molecule has 1 rings (SSSR count). The van der Waals surface area contributed by atoms with Gasteiger partial charge in [0.25, 0.3) is 0 Å². The third kappa shape index (κ3) is 1.95. The zero-order chi connectivity index (χ0) is 10.8. The topological polar surface area (TPSA) is 37.3 Å². The van der Waals surface area contributed by atoms with Crippen LogP contribution in [0.5, 0.6) is 5.75 Å². The van der Waals surface area contributed by atoms with Crippen LogP contribution in [-0.4, -0.2) is 10.9 Å². The molecule has 1 aromatic rings. The Morgan fingerprint density at radius 2 is 1.79 bits per heavy atom. The van der Waals surface area contributed by atoms with Crippen molar-refractivity contribution in [2.45, 2.75) is 32.6 Å². The van der Waals surface area contributed by atoms with Crippen molar-refractivity contribution in [3.63, 3.8) is 0 Å². The third-order valence-corrected chi connectivity index (χ3v) is 2.61. The second-order valence-electron chi connectivity index (χ2n) is 3.95. The minimum absolute atomic E-state index is 0.211. The number of rotatable bonds is 3. The average Bonchev–Trinajstić information content (AvgIpc) is 2.17. The van der Waals surface area contributed by atoms with Crippen molar-refractivity contribution < 1.29 is 9.90 Å². The summed E-state index contributed by atoms with van der Waals surface area (Å²) in [6.07, 6.45) is 0.536. The average molecular weight is 192 g/mol. The number of Topliss-reactive ketones (excluding diaryl/α,β-unsaturated/α-hetero) is 1. The van der Waals surface area contributed by atoms with Crippen LogP contribution in [0.15, 0.2) is 24.3 Å². The lowest BCUT2D eigenvalue weighted by Gasteiger charge is -2.22. The van der Waals surface area contributed by atoms with Gasteiger partial charge in [0.05, 0.1) is 0 Å². The van der Waals surface area contributed by atoms with Gasteiger partial charge in [-0.05, 0) is 31.5 Å². The SMILES string of the molecule is CCC(=O)C(C)(C)c1ccc(O)cc1. The molecule has 0 aliphatic carbocycles. The van der Waals surface area contributed by atoms with E-state index in [1.807, 2.05) is 20.8 Å². The maximum absolute atomic E-state index is 11.7. The highest BCUT2D eigenvalue weighted by atomic mass is 16.3. The van der Waals surface area contributed by atoms with Crippen LogP contribution in [0.3, 0.4) is 0 Å². The van der Waals surface area contributed by atoms with E-state index in [0.29, 0.717) is 6.42 Å². The molecule has 1 aromatic carbocycles. The van der Waals surface area contributed by atoms with Gasteiger partial charge in [0, 0.05) is 11.8 Å². The van der Waals surface area contributed by atoms with E-state index >= 15 is 0 Å². The minimum atomic E-state index is -0.456. The standard InChI is InChI=1S/C12H16O2/c1-4-11(14)12(2,3)9-5-7-10(13)8-6-9/h5-8,13H,4H2,1-3H3. The quantitative estimate of drug-likeness (QED) is 0.799. The predicted molar refractivity (Wildman–Crippen MR) is 56.4 cm³/mol. The molecule has 0 heterocycles. The van der Waals surface area contributed by atoms with Gasteiger partial charge in [0.15, 0.2) is 0 Å². The lowest BCUT2D eigenvalue weighted by Crippen LogP contribution is -2.28. The highest BCUT2D eigenvalue weighted by molar-refractivity contribution is 5.89. The molecule has 0 amide bonds. The summed E-state index contributed by atoms with van der Waals surface area (Å²) in [6, 6.07) is 6.81. The van der Waals surface area contributed by atoms with Crippen molar-refractivity contribution in [2.75, 3.05) is 0 Å². The Hall–Kier alpha value is -1.31. The molecule has 0 radical (unpaired) electrons. The van der Waals surface area contributed by atoms with E-state index in [0.717, 1.165) is 5.56 Å². The predicted octanol–water partition coefficient (Wildman–Crippen LogP) is 2.65. The van der Waals surface area contributed by atoms with Crippen LogP contribution < -0.4 is 0 Å². The number of ketones is 1. The molecule has 0 saturated heterocycles. The zero-order valence-corrected chi connectivity index (χ0v) is 8.87. The zero-order valence-electron chi connectivity index (χ0n) is 8.87. The fraction of sp³-hybridized carbons (Fsp3) is 0.417. The Morgan fingerprint density at radius 3 is 2.21 bits per heavy atom. The van der Waals surface area contributed by atoms with Gasteiger partial charge in [-0.25, -0.2) is 0 Å². The Bertz CT molecular complexity index is 323. The van der Waals surface area contributed by atoms with E-state index in [-0.39, 0.29) is 11.5 Å². The molecule has 0 aliphatic rings. The number of hydrogen-bond acceptors (Lipinski definition) is 2. The summed E-state index contributed by atoms with van der Waals surface area (Å²) in [5.74, 6) is 0.441. The summed E-state index contributed by atoms with van der Waals surface area (Å²) in [4.78, 5) is 11.7. The van der Waals surface area contributed by atoms with Gasteiger partial charge < -0.3 is 5.11 Å². The summed E-state index contributed by atoms with van der Waals surface area (Å²) in [7, 11) is 0. The van der Waals surface area contributed by atoms with Crippen molar-refractivity contribution in [3.05, 3.63) is 29.8 Å². The number of carbonyl (C=O) groups is 1. The molecule has 0 bridgehead atoms. The smallest absolute Gasteiger partial charge is 0.142 e. The molecular weight excluding hydrogens is 176 g/mol. The lowest BCUT2D eigenvalue weighted by atomic mass is 9.80. The largest absolute Gasteiger partial charge is 0.508 e. The third-order valence-electron chi connectivity index (χ3n) is 2.61. The van der Waals surface area contributed by atoms with Gasteiger partial charge in [-0.1, -0.05) is 19.1 Å². The van der Waals surface area contributed by atoms with Crippen molar-refractivity contribution in [3.8, 4) is 5.75 Å². The highest BCUT2D eigenvalue weighted by Gasteiger charge is 2.27. The van der Waals surface area contributed by atoms with Crippen LogP contribution in [0.1, 0.15) is 32.8 Å². The number of carbonyl (C=O) groups excluding carboxylic acids is 1. The van der Waals surface area contributed by atoms with E-state index in [1.165, 1.54) is 0 Å². The number of benzene rings is 1. The first-order chi connectivity index (χ1) is 6.48. The minimum Gasteiger partial charge on any atom is -0.508 e. The summed E-state index contributed by atoms with van der Waals surface area (Å²) in [5.41, 5.74) is 0.491. The fourth-order valence-corrected chi connectivity index (χ4v) is 1.48. The summed E-state index contributed by atoms with van der Waals surface area (Å²) in [6.45, 7) is 5.68. The summed E-state index contributed by atoms with van der Waals surface area (Å²) >= 11 is 0. The number of aromatic hydroxyl groups is 1. The van der Waals surface area contributed by atoms with Crippen molar-refractivity contribution in [2.24, 2.45) is 0 Å². The van der Waals surface area contributed by atoms with Crippen LogP contribution in [0.2, 0.25) is 0 Å². The molecule has 2 nitrogen and oxygen atoms in total. The number of phenolic OH excluding ortho intramolecular Hbond substituents is 1. The monoisotopic (exact) mass is 192 g/mol. The van der Waals surface area contributed by atoms with Crippen LogP contribution in [0.25, 0.3) is 0 Å². The van der Waals surface area contributed by atoms with Gasteiger partial charge in [-0.2, -0.15) is 0 Å². The van der Waals surface area contributed by atoms with E-state index < -0.39 is 5.41 Å². The Balaban J connectivity index is 3.03. The molecule has 0 aliphatic heterocycles. The van der Waals surface area contributed by atoms with E-state index in [2.05, 4.69) is 0 Å². The maximum atomic E-state index is 11.7. The van der Waals surface area contributed by atoms with Gasteiger partial charge in [-0.3, -0.25) is 4.79 Å². The van der Waals surface area contributed by atoms with Crippen LogP contribution in [-0.2, 0) is 10.2 Å². The van der Waals surface area contributed by atoms with Gasteiger partial charge in [0.2, 0.25) is 0 Å². The van der Waals surface area contributed by atoms with E-state index in [4.69, 9.17) is 5.11 Å². The molecule has 2 heteroatoms. The number of phenols is 1. The molecule has 0 spiro atoms. The van der Waals surface area contributed by atoms with E-state index in [1.54, 1.807) is 24.3 Å². The second-order valence-corrected chi connectivity index (χ2v) is 3.95. The number of hydrogen-bond donors (Lipinski definition) is 1. The molecule has 0 fully saturated rings. The van der Waals surface area contributed by atoms with Crippen LogP contribution in [0.4, 0.5) is 0 Å². The molecule has 0 atom stereocenters. The Labute approximate surface area is 84.6 Å². The summed E-state index contributed by atoms with van der Waals surface area (Å²) < 4.78 is 0. The molecule has 14 heavy (non-hydrogen) atoms. The second kappa shape index (κ2) is 3.82. The lowest BCUT2D eigenvalue weighted by molar-refractivity contribution is -0.123. The van der Waals surface area contributed by atoms with Crippen molar-refractivity contribution in [1.82, 2.24) is 0 Å². The van der Waals surface area contributed by atoms with Gasteiger partial charge in [0.1, 0.15) is 11.5 Å². The first-order valence-electron chi connectivity index (χ1n) is 4.81. The van der Waals surface area contributed by atoms with Crippen molar-refractivity contribution >= 4 is 5.78 Å².